The number of carbonyl (C=O) groups is 3. The number of Topliss-reactive ketones (excluding diaryl/α,β-unsaturated/α-hetero) is 1. The van der Waals surface area contributed by atoms with Crippen LogP contribution in [0.1, 0.15) is 93.8 Å². The highest BCUT2D eigenvalue weighted by Gasteiger charge is 2.70. The molecule has 0 unspecified atom stereocenters. The van der Waals surface area contributed by atoms with Crippen molar-refractivity contribution in [2.45, 2.75) is 90.3 Å². The second-order valence-electron chi connectivity index (χ2n) is 14.1. The fourth-order valence-electron chi connectivity index (χ4n) is 9.69. The van der Waals surface area contributed by atoms with Crippen LogP contribution in [0.5, 0.6) is 0 Å². The van der Waals surface area contributed by atoms with Crippen molar-refractivity contribution in [3.63, 3.8) is 0 Å². The number of esters is 1. The highest BCUT2D eigenvalue weighted by Crippen LogP contribution is 2.69. The Balaban J connectivity index is 1.30. The molecule has 1 aromatic heterocycles. The number of hydrogen-bond acceptors (Lipinski definition) is 8. The highest BCUT2D eigenvalue weighted by molar-refractivity contribution is 8.13. The van der Waals surface area contributed by atoms with Gasteiger partial charge in [-0.1, -0.05) is 38.5 Å². The van der Waals surface area contributed by atoms with Gasteiger partial charge in [-0.25, -0.2) is 9.07 Å². The van der Waals surface area contributed by atoms with E-state index in [1.807, 2.05) is 48.3 Å². The van der Waals surface area contributed by atoms with Gasteiger partial charge in [0.15, 0.2) is 11.4 Å². The third kappa shape index (κ3) is 5.30. The van der Waals surface area contributed by atoms with Crippen molar-refractivity contribution >= 4 is 46.5 Å². The molecule has 0 amide bonds. The molecule has 0 radical (unpaired) electrons. The van der Waals surface area contributed by atoms with E-state index in [9.17, 15) is 23.9 Å². The smallest absolute Gasteiger partial charge is 0.306 e. The molecule has 10 heteroatoms. The molecule has 3 saturated carbocycles. The van der Waals surface area contributed by atoms with Gasteiger partial charge >= 0.3 is 5.97 Å². The molecule has 1 N–H and O–H groups in total. The molecule has 1 heterocycles. The number of aromatic nitrogens is 2. The normalized spacial score (nSPS) is 32.9. The van der Waals surface area contributed by atoms with E-state index in [0.29, 0.717) is 43.0 Å². The molecule has 248 valence electrons. The number of fused-ring (bicyclic) bond motifs is 6. The van der Waals surface area contributed by atoms with Gasteiger partial charge in [0.25, 0.3) is 0 Å². The fraction of sp³-hybridized carbons (Fsp3) is 0.611. The molecule has 7 atom stereocenters. The highest BCUT2D eigenvalue weighted by atomic mass is 32.2. The van der Waals surface area contributed by atoms with Gasteiger partial charge in [0.2, 0.25) is 5.12 Å². The van der Waals surface area contributed by atoms with Gasteiger partial charge in [-0.3, -0.25) is 14.4 Å². The van der Waals surface area contributed by atoms with E-state index in [2.05, 4.69) is 13.0 Å². The summed E-state index contributed by atoms with van der Waals surface area (Å²) >= 11 is 2.33. The van der Waals surface area contributed by atoms with E-state index >= 15 is 0 Å². The quantitative estimate of drug-likeness (QED) is 0.161. The summed E-state index contributed by atoms with van der Waals surface area (Å²) < 4.78 is 21.4. The lowest BCUT2D eigenvalue weighted by atomic mass is 9.45. The van der Waals surface area contributed by atoms with Crippen LogP contribution in [-0.2, 0) is 20.7 Å². The van der Waals surface area contributed by atoms with Crippen molar-refractivity contribution in [2.75, 3.05) is 18.0 Å². The number of ketones is 1. The molecule has 2 aromatic rings. The van der Waals surface area contributed by atoms with Crippen molar-refractivity contribution in [3.05, 3.63) is 52.9 Å². The van der Waals surface area contributed by atoms with Crippen LogP contribution >= 0.6 is 23.5 Å². The SMILES string of the molecule is CCC(=O)O[C@]1(C(=O)SCF)CC[C@H]2[C@@H]3CCC4=Cc5c(cnn5-c5cccc(C(=O)CCCSC)c5)C[C@]4(C)[C@H]3[C@@H](O)C[C@@]21C. The summed E-state index contributed by atoms with van der Waals surface area (Å²) in [5.41, 5.74) is 2.46. The minimum atomic E-state index is -1.43. The van der Waals surface area contributed by atoms with Crippen LogP contribution in [0, 0.1) is 28.6 Å². The Hall–Kier alpha value is -2.43. The van der Waals surface area contributed by atoms with Crippen molar-refractivity contribution in [3.8, 4) is 5.69 Å². The number of carbonyl (C=O) groups excluding carboxylic acids is 3. The first-order valence-corrected chi connectivity index (χ1v) is 18.9. The summed E-state index contributed by atoms with van der Waals surface area (Å²) in [7, 11) is 0. The van der Waals surface area contributed by atoms with Crippen molar-refractivity contribution < 1.29 is 28.6 Å². The first-order chi connectivity index (χ1) is 22.0. The summed E-state index contributed by atoms with van der Waals surface area (Å²) in [4.78, 5) is 39.1. The van der Waals surface area contributed by atoms with Crippen LogP contribution in [0.4, 0.5) is 4.39 Å². The molecular weight excluding hydrogens is 624 g/mol. The predicted molar refractivity (Wildman–Crippen MR) is 181 cm³/mol. The largest absolute Gasteiger partial charge is 0.449 e. The lowest BCUT2D eigenvalue weighted by Gasteiger charge is -2.60. The zero-order chi connectivity index (χ0) is 32.9. The van der Waals surface area contributed by atoms with Gasteiger partial charge in [-0.15, -0.1) is 0 Å². The summed E-state index contributed by atoms with van der Waals surface area (Å²) in [6.07, 6.45) is 10.8. The van der Waals surface area contributed by atoms with Gasteiger partial charge in [0.1, 0.15) is 6.01 Å². The summed E-state index contributed by atoms with van der Waals surface area (Å²) in [5, 5.41) is 16.4. The number of allylic oxidation sites excluding steroid dienone is 1. The average Bonchev–Trinajstić information content (AvgIpc) is 3.57. The Bertz CT molecular complexity index is 1560. The molecule has 46 heavy (non-hydrogen) atoms. The molecule has 3 fully saturated rings. The molecule has 0 saturated heterocycles. The zero-order valence-electron chi connectivity index (χ0n) is 27.2. The maximum Gasteiger partial charge on any atom is 0.306 e. The number of aliphatic hydroxyl groups is 1. The molecule has 4 aliphatic carbocycles. The number of aliphatic hydroxyl groups excluding tert-OH is 1. The van der Waals surface area contributed by atoms with Crippen LogP contribution in [0.3, 0.4) is 0 Å². The second kappa shape index (κ2) is 12.9. The predicted octanol–water partition coefficient (Wildman–Crippen LogP) is 7.23. The van der Waals surface area contributed by atoms with Crippen molar-refractivity contribution in [1.29, 1.82) is 0 Å². The van der Waals surface area contributed by atoms with Crippen LogP contribution in [0.25, 0.3) is 11.8 Å². The average molecular weight is 669 g/mol. The van der Waals surface area contributed by atoms with Gasteiger partial charge < -0.3 is 9.84 Å². The van der Waals surface area contributed by atoms with Gasteiger partial charge in [-0.05, 0) is 116 Å². The topological polar surface area (TPSA) is 98.5 Å². The Morgan fingerprint density at radius 2 is 2.02 bits per heavy atom. The van der Waals surface area contributed by atoms with Crippen LogP contribution < -0.4 is 0 Å². The summed E-state index contributed by atoms with van der Waals surface area (Å²) in [5.74, 6) is 0.801. The monoisotopic (exact) mass is 668 g/mol. The molecule has 1 aromatic carbocycles. The Morgan fingerprint density at radius 3 is 2.76 bits per heavy atom. The molecule has 6 rings (SSSR count). The lowest BCUT2D eigenvalue weighted by molar-refractivity contribution is -0.196. The number of halogens is 1. The molecule has 0 bridgehead atoms. The summed E-state index contributed by atoms with van der Waals surface area (Å²) in [6.45, 7) is 5.95. The van der Waals surface area contributed by atoms with E-state index in [1.165, 1.54) is 5.57 Å². The minimum absolute atomic E-state index is 0.0362. The number of hydrogen-bond donors (Lipinski definition) is 1. The van der Waals surface area contributed by atoms with Crippen LogP contribution in [-0.4, -0.2) is 61.5 Å². The van der Waals surface area contributed by atoms with E-state index < -0.39 is 34.2 Å². The van der Waals surface area contributed by atoms with Crippen LogP contribution in [0.15, 0.2) is 36.0 Å². The minimum Gasteiger partial charge on any atom is -0.449 e. The second-order valence-corrected chi connectivity index (χ2v) is 15.9. The Morgan fingerprint density at radius 1 is 1.22 bits per heavy atom. The van der Waals surface area contributed by atoms with E-state index in [0.717, 1.165) is 48.4 Å². The third-order valence-corrected chi connectivity index (χ3v) is 13.2. The zero-order valence-corrected chi connectivity index (χ0v) is 28.9. The Labute approximate surface area is 279 Å². The molecular formula is C36H45FN2O5S2. The van der Waals surface area contributed by atoms with Gasteiger partial charge in [0.05, 0.1) is 23.7 Å². The van der Waals surface area contributed by atoms with Gasteiger partial charge in [0, 0.05) is 23.8 Å². The molecule has 7 nitrogen and oxygen atoms in total. The number of nitrogens with zero attached hydrogens (tertiary/aromatic N) is 2. The third-order valence-electron chi connectivity index (χ3n) is 11.8. The lowest BCUT2D eigenvalue weighted by Crippen LogP contribution is -2.62. The van der Waals surface area contributed by atoms with E-state index in [1.54, 1.807) is 18.7 Å². The number of benzene rings is 1. The maximum atomic E-state index is 13.5. The first-order valence-electron chi connectivity index (χ1n) is 16.6. The first kappa shape index (κ1) is 33.5. The van der Waals surface area contributed by atoms with Crippen molar-refractivity contribution in [1.82, 2.24) is 9.78 Å². The van der Waals surface area contributed by atoms with Crippen LogP contribution in [0.2, 0.25) is 0 Å². The summed E-state index contributed by atoms with van der Waals surface area (Å²) in [6, 6.07) is 6.84. The standard InChI is InChI=1S/C36H45FN2O5S2/c1-5-31(42)44-36(33(43)46-21-37)14-13-27-26-12-11-24-17-28-23(18-34(24,2)32(26)30(41)19-35(27,36)3)20-38-39(28)25-9-6-8-22(16-25)29(40)10-7-15-45-4/h6,8-9,16-17,20,26-27,30,32,41H,5,7,10-15,18-19,21H2,1-4H3/t26-,27-,30-,32+,34-,35-,36-/m0/s1. The van der Waals surface area contributed by atoms with E-state index in [-0.39, 0.29) is 35.4 Å². The number of thioether (sulfide) groups is 2. The number of ether oxygens (including phenoxy) is 1. The van der Waals surface area contributed by atoms with Crippen molar-refractivity contribution in [2.24, 2.45) is 28.6 Å². The molecule has 0 spiro atoms. The Kier molecular flexibility index (Phi) is 9.37. The van der Waals surface area contributed by atoms with E-state index in [4.69, 9.17) is 9.84 Å². The number of rotatable bonds is 10. The molecule has 0 aliphatic heterocycles. The number of alkyl halides is 1. The van der Waals surface area contributed by atoms with Gasteiger partial charge in [-0.2, -0.15) is 16.9 Å². The maximum absolute atomic E-state index is 13.5. The molecule has 4 aliphatic rings. The fourth-order valence-corrected chi connectivity index (χ4v) is 10.8.